The molecular formula is C11H17N3O. The molecule has 0 aliphatic rings. The summed E-state index contributed by atoms with van der Waals surface area (Å²) < 4.78 is 0. The third-order valence-electron chi connectivity index (χ3n) is 2.19. The lowest BCUT2D eigenvalue weighted by Crippen LogP contribution is -2.28. The van der Waals surface area contributed by atoms with E-state index in [1.165, 1.54) is 0 Å². The molecular weight excluding hydrogens is 190 g/mol. The second-order valence-electron chi connectivity index (χ2n) is 3.51. The van der Waals surface area contributed by atoms with Crippen molar-refractivity contribution in [3.05, 3.63) is 23.3 Å². The van der Waals surface area contributed by atoms with E-state index in [-0.39, 0.29) is 6.03 Å². The highest BCUT2D eigenvalue weighted by atomic mass is 16.2. The summed E-state index contributed by atoms with van der Waals surface area (Å²) in [7, 11) is 0. The molecule has 0 saturated carbocycles. The molecule has 1 rings (SSSR count). The number of carbonyl (C=O) groups is 1. The maximum Gasteiger partial charge on any atom is 0.319 e. The van der Waals surface area contributed by atoms with Crippen LogP contribution in [0, 0.1) is 13.8 Å². The number of aryl methyl sites for hydroxylation is 2. The Morgan fingerprint density at radius 1 is 1.33 bits per heavy atom. The normalized spacial score (nSPS) is 9.80. The predicted molar refractivity (Wildman–Crippen MR) is 63.0 cm³/mol. The van der Waals surface area contributed by atoms with Crippen LogP contribution in [-0.4, -0.2) is 12.6 Å². The largest absolute Gasteiger partial charge is 0.398 e. The highest BCUT2D eigenvalue weighted by molar-refractivity contribution is 5.89. The zero-order valence-electron chi connectivity index (χ0n) is 9.35. The molecule has 1 aromatic rings. The van der Waals surface area contributed by atoms with E-state index < -0.39 is 0 Å². The van der Waals surface area contributed by atoms with Gasteiger partial charge in [-0.3, -0.25) is 0 Å². The molecule has 0 aliphatic carbocycles. The van der Waals surface area contributed by atoms with Gasteiger partial charge in [-0.1, -0.05) is 0 Å². The van der Waals surface area contributed by atoms with E-state index in [9.17, 15) is 4.79 Å². The van der Waals surface area contributed by atoms with Gasteiger partial charge in [-0.05, 0) is 44.0 Å². The van der Waals surface area contributed by atoms with Crippen molar-refractivity contribution in [1.29, 1.82) is 0 Å². The van der Waals surface area contributed by atoms with Gasteiger partial charge in [0.2, 0.25) is 0 Å². The van der Waals surface area contributed by atoms with Crippen molar-refractivity contribution in [2.75, 3.05) is 17.6 Å². The van der Waals surface area contributed by atoms with Crippen LogP contribution in [0.15, 0.2) is 12.1 Å². The average Bonchev–Trinajstić information content (AvgIpc) is 2.14. The molecule has 2 amide bonds. The van der Waals surface area contributed by atoms with Crippen molar-refractivity contribution in [2.24, 2.45) is 0 Å². The molecule has 0 atom stereocenters. The van der Waals surface area contributed by atoms with Gasteiger partial charge < -0.3 is 16.4 Å². The third-order valence-corrected chi connectivity index (χ3v) is 2.19. The molecule has 82 valence electrons. The topological polar surface area (TPSA) is 67.2 Å². The van der Waals surface area contributed by atoms with Gasteiger partial charge >= 0.3 is 6.03 Å². The van der Waals surface area contributed by atoms with Crippen LogP contribution >= 0.6 is 0 Å². The molecule has 15 heavy (non-hydrogen) atoms. The lowest BCUT2D eigenvalue weighted by molar-refractivity contribution is 0.252. The molecule has 0 saturated heterocycles. The summed E-state index contributed by atoms with van der Waals surface area (Å²) >= 11 is 0. The van der Waals surface area contributed by atoms with Crippen LogP contribution in [0.3, 0.4) is 0 Å². The lowest BCUT2D eigenvalue weighted by atomic mass is 10.1. The first-order chi connectivity index (χ1) is 7.04. The fourth-order valence-corrected chi connectivity index (χ4v) is 1.38. The zero-order valence-corrected chi connectivity index (χ0v) is 9.35. The molecule has 0 aromatic heterocycles. The number of nitrogens with two attached hydrogens (primary N) is 1. The first kappa shape index (κ1) is 11.4. The van der Waals surface area contributed by atoms with E-state index >= 15 is 0 Å². The molecule has 0 aliphatic heterocycles. The van der Waals surface area contributed by atoms with E-state index in [0.29, 0.717) is 6.54 Å². The number of urea groups is 1. The quantitative estimate of drug-likeness (QED) is 0.649. The fraction of sp³-hybridized carbons (Fsp3) is 0.364. The number of nitrogens with one attached hydrogen (secondary N) is 2. The molecule has 0 unspecified atom stereocenters. The third kappa shape index (κ3) is 2.87. The first-order valence-corrected chi connectivity index (χ1v) is 4.96. The summed E-state index contributed by atoms with van der Waals surface area (Å²) in [6, 6.07) is 3.52. The fourth-order valence-electron chi connectivity index (χ4n) is 1.38. The van der Waals surface area contributed by atoms with E-state index in [1.54, 1.807) is 0 Å². The monoisotopic (exact) mass is 207 g/mol. The maximum absolute atomic E-state index is 11.3. The smallest absolute Gasteiger partial charge is 0.319 e. The van der Waals surface area contributed by atoms with Gasteiger partial charge in [0.15, 0.2) is 0 Å². The van der Waals surface area contributed by atoms with Gasteiger partial charge in [0, 0.05) is 17.9 Å². The number of rotatable bonds is 2. The number of hydrogen-bond acceptors (Lipinski definition) is 2. The van der Waals surface area contributed by atoms with E-state index in [0.717, 1.165) is 22.5 Å². The number of nitrogen functional groups attached to an aromatic ring is 1. The molecule has 0 heterocycles. The van der Waals surface area contributed by atoms with Crippen LogP contribution in [0.2, 0.25) is 0 Å². The summed E-state index contributed by atoms with van der Waals surface area (Å²) in [6.45, 7) is 6.33. The van der Waals surface area contributed by atoms with Crippen molar-refractivity contribution in [3.8, 4) is 0 Å². The van der Waals surface area contributed by atoms with E-state index in [4.69, 9.17) is 5.73 Å². The van der Waals surface area contributed by atoms with Gasteiger partial charge in [0.1, 0.15) is 0 Å². The molecule has 0 fully saturated rings. The Kier molecular flexibility index (Phi) is 3.55. The van der Waals surface area contributed by atoms with E-state index in [1.807, 2.05) is 32.9 Å². The minimum Gasteiger partial charge on any atom is -0.398 e. The van der Waals surface area contributed by atoms with Gasteiger partial charge in [0.05, 0.1) is 0 Å². The van der Waals surface area contributed by atoms with Gasteiger partial charge in [-0.25, -0.2) is 4.79 Å². The molecule has 4 N–H and O–H groups in total. The molecule has 0 spiro atoms. The second kappa shape index (κ2) is 4.68. The van der Waals surface area contributed by atoms with Gasteiger partial charge in [0.25, 0.3) is 0 Å². The first-order valence-electron chi connectivity index (χ1n) is 4.96. The Morgan fingerprint density at radius 2 is 1.87 bits per heavy atom. The Morgan fingerprint density at radius 3 is 2.33 bits per heavy atom. The second-order valence-corrected chi connectivity index (χ2v) is 3.51. The average molecular weight is 207 g/mol. The van der Waals surface area contributed by atoms with Crippen LogP contribution < -0.4 is 16.4 Å². The predicted octanol–water partition coefficient (Wildman–Crippen LogP) is 2.03. The Balaban J connectivity index is 2.83. The molecule has 0 bridgehead atoms. The van der Waals surface area contributed by atoms with Crippen molar-refractivity contribution < 1.29 is 4.79 Å². The van der Waals surface area contributed by atoms with E-state index in [2.05, 4.69) is 10.6 Å². The highest BCUT2D eigenvalue weighted by Gasteiger charge is 2.04. The van der Waals surface area contributed by atoms with Crippen molar-refractivity contribution >= 4 is 17.4 Å². The van der Waals surface area contributed by atoms with Crippen LogP contribution in [0.4, 0.5) is 16.2 Å². The Hall–Kier alpha value is -1.71. The van der Waals surface area contributed by atoms with Crippen LogP contribution in [0.25, 0.3) is 0 Å². The van der Waals surface area contributed by atoms with Crippen molar-refractivity contribution in [3.63, 3.8) is 0 Å². The minimum atomic E-state index is -0.193. The zero-order chi connectivity index (χ0) is 11.4. The summed E-state index contributed by atoms with van der Waals surface area (Å²) in [5.74, 6) is 0. The lowest BCUT2D eigenvalue weighted by Gasteiger charge is -2.10. The molecule has 0 radical (unpaired) electrons. The number of amides is 2. The number of carbonyl (C=O) groups excluding carboxylic acids is 1. The molecule has 4 nitrogen and oxygen atoms in total. The number of anilines is 2. The Bertz CT molecular complexity index is 351. The molecule has 1 aromatic carbocycles. The van der Waals surface area contributed by atoms with Gasteiger partial charge in [-0.15, -0.1) is 0 Å². The minimum absolute atomic E-state index is 0.193. The summed E-state index contributed by atoms with van der Waals surface area (Å²) in [5, 5.41) is 5.41. The van der Waals surface area contributed by atoms with Crippen LogP contribution in [0.1, 0.15) is 18.1 Å². The van der Waals surface area contributed by atoms with Crippen molar-refractivity contribution in [1.82, 2.24) is 5.32 Å². The van der Waals surface area contributed by atoms with Crippen molar-refractivity contribution in [2.45, 2.75) is 20.8 Å². The number of hydrogen-bond donors (Lipinski definition) is 3. The number of benzene rings is 1. The summed E-state index contributed by atoms with van der Waals surface area (Å²) in [4.78, 5) is 11.3. The summed E-state index contributed by atoms with van der Waals surface area (Å²) in [6.07, 6.45) is 0. The summed E-state index contributed by atoms with van der Waals surface area (Å²) in [5.41, 5.74) is 9.30. The SMILES string of the molecule is CCNC(=O)Nc1cc(C)c(N)c(C)c1. The van der Waals surface area contributed by atoms with Crippen LogP contribution in [-0.2, 0) is 0 Å². The van der Waals surface area contributed by atoms with Crippen LogP contribution in [0.5, 0.6) is 0 Å². The molecule has 4 heteroatoms. The van der Waals surface area contributed by atoms with Gasteiger partial charge in [-0.2, -0.15) is 0 Å². The highest BCUT2D eigenvalue weighted by Crippen LogP contribution is 2.21. The Labute approximate surface area is 89.9 Å². The standard InChI is InChI=1S/C11H17N3O/c1-4-13-11(15)14-9-5-7(2)10(12)8(3)6-9/h5-6H,4,12H2,1-3H3,(H2,13,14,15). The maximum atomic E-state index is 11.3.